The molecule has 1 saturated carbocycles. The minimum Gasteiger partial charge on any atom is -0.490 e. The van der Waals surface area contributed by atoms with E-state index in [0.29, 0.717) is 24.7 Å². The lowest BCUT2D eigenvalue weighted by Gasteiger charge is -2.15. The molecular formula is C24H24BrIN2O3. The Kier molecular flexibility index (Phi) is 8.79. The van der Waals surface area contributed by atoms with Gasteiger partial charge in [-0.3, -0.25) is 4.79 Å². The van der Waals surface area contributed by atoms with Gasteiger partial charge in [0.05, 0.1) is 10.2 Å². The van der Waals surface area contributed by atoms with Gasteiger partial charge in [0.2, 0.25) is 0 Å². The molecule has 31 heavy (non-hydrogen) atoms. The van der Waals surface area contributed by atoms with Crippen LogP contribution in [0.1, 0.15) is 43.7 Å². The Morgan fingerprint density at radius 3 is 2.61 bits per heavy atom. The van der Waals surface area contributed by atoms with Crippen molar-refractivity contribution in [2.75, 3.05) is 6.61 Å². The molecule has 1 fully saturated rings. The van der Waals surface area contributed by atoms with Gasteiger partial charge in [-0.15, -0.1) is 0 Å². The van der Waals surface area contributed by atoms with Gasteiger partial charge in [-0.1, -0.05) is 40.9 Å². The fourth-order valence-electron chi connectivity index (χ4n) is 3.46. The SMILES string of the molecule is CCOc1cc(/C=C(/C#N)C(=O)NC2CCCC2)cc(I)c1OCc1ccc(Br)cc1. The molecule has 7 heteroatoms. The lowest BCUT2D eigenvalue weighted by molar-refractivity contribution is -0.117. The molecule has 0 heterocycles. The van der Waals surface area contributed by atoms with Gasteiger partial charge in [0.15, 0.2) is 11.5 Å². The van der Waals surface area contributed by atoms with Crippen LogP contribution in [0.4, 0.5) is 0 Å². The highest BCUT2D eigenvalue weighted by Gasteiger charge is 2.20. The van der Waals surface area contributed by atoms with E-state index in [4.69, 9.17) is 9.47 Å². The molecule has 1 aliphatic carbocycles. The standard InChI is InChI=1S/C24H24BrIN2O3/c1-2-30-22-13-17(11-18(14-27)24(29)28-20-5-3-4-6-20)12-21(26)23(22)31-15-16-7-9-19(25)10-8-16/h7-13,20H,2-6,15H2,1H3,(H,28,29)/b18-11-. The molecular weight excluding hydrogens is 571 g/mol. The summed E-state index contributed by atoms with van der Waals surface area (Å²) in [6, 6.07) is 13.8. The number of nitrogens with zero attached hydrogens (tertiary/aromatic N) is 1. The maximum Gasteiger partial charge on any atom is 0.262 e. The van der Waals surface area contributed by atoms with Gasteiger partial charge in [-0.05, 0) is 83.8 Å². The number of halogens is 2. The third kappa shape index (κ3) is 6.71. The average Bonchev–Trinajstić information content (AvgIpc) is 3.26. The highest BCUT2D eigenvalue weighted by atomic mass is 127. The van der Waals surface area contributed by atoms with Gasteiger partial charge in [0, 0.05) is 10.5 Å². The predicted molar refractivity (Wildman–Crippen MR) is 133 cm³/mol. The third-order valence-electron chi connectivity index (χ3n) is 4.99. The van der Waals surface area contributed by atoms with Gasteiger partial charge >= 0.3 is 0 Å². The summed E-state index contributed by atoms with van der Waals surface area (Å²) in [7, 11) is 0. The van der Waals surface area contributed by atoms with Crippen LogP contribution in [0.2, 0.25) is 0 Å². The van der Waals surface area contributed by atoms with Crippen molar-refractivity contribution in [1.82, 2.24) is 5.32 Å². The molecule has 0 saturated heterocycles. The van der Waals surface area contributed by atoms with Gasteiger partial charge in [0.25, 0.3) is 5.91 Å². The van der Waals surface area contributed by atoms with Crippen molar-refractivity contribution >= 4 is 50.5 Å². The van der Waals surface area contributed by atoms with E-state index in [0.717, 1.165) is 44.9 Å². The molecule has 1 amide bonds. The zero-order valence-electron chi connectivity index (χ0n) is 17.3. The van der Waals surface area contributed by atoms with E-state index in [9.17, 15) is 10.1 Å². The molecule has 0 aromatic heterocycles. The summed E-state index contributed by atoms with van der Waals surface area (Å²) in [5.74, 6) is 0.917. The van der Waals surface area contributed by atoms with Gasteiger partial charge in [-0.2, -0.15) is 5.26 Å². The van der Waals surface area contributed by atoms with Crippen molar-refractivity contribution in [1.29, 1.82) is 5.26 Å². The first kappa shape index (κ1) is 23.6. The van der Waals surface area contributed by atoms with E-state index >= 15 is 0 Å². The van der Waals surface area contributed by atoms with Crippen molar-refractivity contribution in [3.05, 3.63) is 61.1 Å². The molecule has 0 bridgehead atoms. The molecule has 5 nitrogen and oxygen atoms in total. The van der Waals surface area contributed by atoms with E-state index in [1.807, 2.05) is 49.4 Å². The summed E-state index contributed by atoms with van der Waals surface area (Å²) in [6.07, 6.45) is 5.79. The largest absolute Gasteiger partial charge is 0.490 e. The lowest BCUT2D eigenvalue weighted by Crippen LogP contribution is -2.33. The van der Waals surface area contributed by atoms with Crippen LogP contribution in [0, 0.1) is 14.9 Å². The molecule has 0 atom stereocenters. The second-order valence-corrected chi connectivity index (χ2v) is 9.38. The topological polar surface area (TPSA) is 71.3 Å². The van der Waals surface area contributed by atoms with Crippen molar-refractivity contribution in [3.63, 3.8) is 0 Å². The normalized spacial score (nSPS) is 14.2. The van der Waals surface area contributed by atoms with Gasteiger partial charge in [-0.25, -0.2) is 0 Å². The van der Waals surface area contributed by atoms with Crippen molar-refractivity contribution in [2.24, 2.45) is 0 Å². The van der Waals surface area contributed by atoms with Gasteiger partial charge in [0.1, 0.15) is 18.2 Å². The molecule has 1 N–H and O–H groups in total. The van der Waals surface area contributed by atoms with Crippen LogP contribution in [0.25, 0.3) is 6.08 Å². The van der Waals surface area contributed by atoms with Crippen molar-refractivity contribution < 1.29 is 14.3 Å². The number of amides is 1. The smallest absolute Gasteiger partial charge is 0.262 e. The highest BCUT2D eigenvalue weighted by Crippen LogP contribution is 2.35. The second-order valence-electron chi connectivity index (χ2n) is 7.30. The van der Waals surface area contributed by atoms with Crippen LogP contribution in [0.5, 0.6) is 11.5 Å². The number of carbonyl (C=O) groups excluding carboxylic acids is 1. The first-order valence-electron chi connectivity index (χ1n) is 10.3. The Balaban J connectivity index is 1.80. The quantitative estimate of drug-likeness (QED) is 0.231. The molecule has 162 valence electrons. The highest BCUT2D eigenvalue weighted by molar-refractivity contribution is 14.1. The zero-order valence-corrected chi connectivity index (χ0v) is 21.0. The summed E-state index contributed by atoms with van der Waals surface area (Å²) in [5, 5.41) is 12.5. The Labute approximate surface area is 205 Å². The van der Waals surface area contributed by atoms with Crippen molar-refractivity contribution in [3.8, 4) is 17.6 Å². The number of nitriles is 1. The fraction of sp³-hybridized carbons (Fsp3) is 0.333. The monoisotopic (exact) mass is 594 g/mol. The van der Waals surface area contributed by atoms with Crippen molar-refractivity contribution in [2.45, 2.75) is 45.3 Å². The van der Waals surface area contributed by atoms with Crippen LogP contribution in [-0.4, -0.2) is 18.6 Å². The summed E-state index contributed by atoms with van der Waals surface area (Å²) < 4.78 is 13.7. The first-order valence-corrected chi connectivity index (χ1v) is 12.1. The van der Waals surface area contributed by atoms with Gasteiger partial charge < -0.3 is 14.8 Å². The van der Waals surface area contributed by atoms with E-state index in [-0.39, 0.29) is 17.5 Å². The number of ether oxygens (including phenoxy) is 2. The van der Waals surface area contributed by atoms with Crippen LogP contribution in [0.15, 0.2) is 46.4 Å². The molecule has 1 aliphatic rings. The van der Waals surface area contributed by atoms with E-state index in [1.54, 1.807) is 6.08 Å². The zero-order chi connectivity index (χ0) is 22.2. The number of nitrogens with one attached hydrogen (secondary N) is 1. The molecule has 0 radical (unpaired) electrons. The molecule has 2 aromatic carbocycles. The molecule has 0 spiro atoms. The molecule has 3 rings (SSSR count). The Morgan fingerprint density at radius 1 is 1.26 bits per heavy atom. The predicted octanol–water partition coefficient (Wildman–Crippen LogP) is 6.00. The molecule has 0 aliphatic heterocycles. The number of rotatable bonds is 8. The first-order chi connectivity index (χ1) is 15.0. The summed E-state index contributed by atoms with van der Waals surface area (Å²) in [4.78, 5) is 12.5. The summed E-state index contributed by atoms with van der Waals surface area (Å²) >= 11 is 5.62. The minimum atomic E-state index is -0.321. The number of hydrogen-bond donors (Lipinski definition) is 1. The Morgan fingerprint density at radius 2 is 1.97 bits per heavy atom. The Bertz CT molecular complexity index is 993. The number of carbonyl (C=O) groups is 1. The van der Waals surface area contributed by atoms with Crippen LogP contribution >= 0.6 is 38.5 Å². The van der Waals surface area contributed by atoms with Crippen LogP contribution < -0.4 is 14.8 Å². The maximum absolute atomic E-state index is 12.5. The van der Waals surface area contributed by atoms with E-state index in [1.165, 1.54) is 0 Å². The fourth-order valence-corrected chi connectivity index (χ4v) is 4.50. The molecule has 2 aromatic rings. The minimum absolute atomic E-state index is 0.0914. The summed E-state index contributed by atoms with van der Waals surface area (Å²) in [6.45, 7) is 2.79. The van der Waals surface area contributed by atoms with Crippen LogP contribution in [0.3, 0.4) is 0 Å². The Hall–Kier alpha value is -2.05. The van der Waals surface area contributed by atoms with Crippen LogP contribution in [-0.2, 0) is 11.4 Å². The number of benzene rings is 2. The molecule has 0 unspecified atom stereocenters. The second kappa shape index (κ2) is 11.5. The van der Waals surface area contributed by atoms with E-state index in [2.05, 4.69) is 43.8 Å². The maximum atomic E-state index is 12.5. The van der Waals surface area contributed by atoms with E-state index < -0.39 is 0 Å². The average molecular weight is 595 g/mol. The summed E-state index contributed by atoms with van der Waals surface area (Å²) in [5.41, 5.74) is 1.86. The number of hydrogen-bond acceptors (Lipinski definition) is 4. The lowest BCUT2D eigenvalue weighted by atomic mass is 10.1. The third-order valence-corrected chi connectivity index (χ3v) is 6.32.